The maximum atomic E-state index is 9.94. The van der Waals surface area contributed by atoms with E-state index >= 15 is 0 Å². The van der Waals surface area contributed by atoms with Gasteiger partial charge in [-0.15, -0.1) is 11.3 Å². The lowest BCUT2D eigenvalue weighted by Crippen LogP contribution is -2.20. The van der Waals surface area contributed by atoms with E-state index in [4.69, 9.17) is 4.74 Å². The van der Waals surface area contributed by atoms with Crippen molar-refractivity contribution < 1.29 is 9.84 Å². The molecule has 1 aliphatic rings. The average molecular weight is 255 g/mol. The molecule has 0 saturated heterocycles. The van der Waals surface area contributed by atoms with Gasteiger partial charge in [0.1, 0.15) is 11.1 Å². The quantitative estimate of drug-likeness (QED) is 0.882. The van der Waals surface area contributed by atoms with E-state index < -0.39 is 0 Å². The van der Waals surface area contributed by atoms with Crippen molar-refractivity contribution in [3.8, 4) is 0 Å². The maximum Gasteiger partial charge on any atom is 0.123 e. The molecule has 0 bridgehead atoms. The van der Waals surface area contributed by atoms with Crippen molar-refractivity contribution in [2.24, 2.45) is 5.41 Å². The number of nitrogens with zero attached hydrogens (tertiary/aromatic N) is 1. The van der Waals surface area contributed by atoms with Crippen LogP contribution < -0.4 is 0 Å². The minimum Gasteiger partial charge on any atom is -0.387 e. The second-order valence-corrected chi connectivity index (χ2v) is 6.87. The minimum absolute atomic E-state index is 0.00491. The fraction of sp³-hybridized carbons (Fsp3) is 0.769. The molecule has 1 heterocycles. The summed E-state index contributed by atoms with van der Waals surface area (Å²) in [6.45, 7) is 6.45. The summed E-state index contributed by atoms with van der Waals surface area (Å²) in [5.74, 6) is 0. The van der Waals surface area contributed by atoms with Crippen LogP contribution in [0.2, 0.25) is 0 Å². The Kier molecular flexibility index (Phi) is 3.57. The number of hydrogen-bond donors (Lipinski definition) is 1. The molecule has 0 radical (unpaired) electrons. The molecular weight excluding hydrogens is 234 g/mol. The van der Waals surface area contributed by atoms with E-state index in [0.717, 1.165) is 30.0 Å². The Balaban J connectivity index is 2.34. The number of aliphatic hydroxyl groups excluding tert-OH is 1. The summed E-state index contributed by atoms with van der Waals surface area (Å²) in [6.07, 6.45) is 2.57. The fourth-order valence-electron chi connectivity index (χ4n) is 2.35. The Bertz CT molecular complexity index is 395. The molecule has 1 aromatic heterocycles. The molecule has 0 spiro atoms. The average Bonchev–Trinajstić information content (AvgIpc) is 2.61. The van der Waals surface area contributed by atoms with Crippen molar-refractivity contribution in [3.63, 3.8) is 0 Å². The maximum absolute atomic E-state index is 9.94. The highest BCUT2D eigenvalue weighted by molar-refractivity contribution is 7.11. The first kappa shape index (κ1) is 13.0. The molecule has 2 atom stereocenters. The van der Waals surface area contributed by atoms with E-state index in [2.05, 4.69) is 25.8 Å². The number of aryl methyl sites for hydroxylation is 1. The summed E-state index contributed by atoms with van der Waals surface area (Å²) in [6, 6.07) is 0. The molecule has 0 saturated carbocycles. The van der Waals surface area contributed by atoms with Crippen LogP contribution in [0, 0.1) is 5.41 Å². The first-order valence-corrected chi connectivity index (χ1v) is 6.95. The zero-order valence-corrected chi connectivity index (χ0v) is 11.8. The Labute approximate surface area is 107 Å². The second kappa shape index (κ2) is 4.67. The van der Waals surface area contributed by atoms with E-state index in [1.165, 1.54) is 4.88 Å². The summed E-state index contributed by atoms with van der Waals surface area (Å²) in [7, 11) is 1.73. The third-order valence-electron chi connectivity index (χ3n) is 3.19. The van der Waals surface area contributed by atoms with Crippen LogP contribution >= 0.6 is 11.3 Å². The van der Waals surface area contributed by atoms with Crippen LogP contribution in [0.15, 0.2) is 0 Å². The van der Waals surface area contributed by atoms with Crippen LogP contribution in [0.3, 0.4) is 0 Å². The van der Waals surface area contributed by atoms with E-state index in [9.17, 15) is 5.11 Å². The van der Waals surface area contributed by atoms with Crippen LogP contribution in [0.25, 0.3) is 0 Å². The molecular formula is C13H21NO2S. The number of thiazole rings is 1. The molecule has 0 aromatic carbocycles. The molecule has 2 rings (SSSR count). The number of rotatable bonds is 2. The van der Waals surface area contributed by atoms with Crippen molar-refractivity contribution in [1.29, 1.82) is 0 Å². The molecule has 1 aromatic rings. The largest absolute Gasteiger partial charge is 0.387 e. The van der Waals surface area contributed by atoms with Gasteiger partial charge in [-0.3, -0.25) is 0 Å². The topological polar surface area (TPSA) is 42.4 Å². The predicted molar refractivity (Wildman–Crippen MR) is 69.2 cm³/mol. The normalized spacial score (nSPS) is 22.3. The highest BCUT2D eigenvalue weighted by Gasteiger charge is 2.32. The van der Waals surface area contributed by atoms with Gasteiger partial charge >= 0.3 is 0 Å². The number of methoxy groups -OCH3 is 1. The van der Waals surface area contributed by atoms with Crippen molar-refractivity contribution in [2.75, 3.05) is 7.11 Å². The number of fused-ring (bicyclic) bond motifs is 1. The van der Waals surface area contributed by atoms with Gasteiger partial charge in [0.05, 0.1) is 11.8 Å². The molecule has 96 valence electrons. The van der Waals surface area contributed by atoms with Gasteiger partial charge in [-0.1, -0.05) is 20.8 Å². The smallest absolute Gasteiger partial charge is 0.123 e. The van der Waals surface area contributed by atoms with Crippen LogP contribution in [0.4, 0.5) is 0 Å². The van der Waals surface area contributed by atoms with Crippen molar-refractivity contribution in [1.82, 2.24) is 4.98 Å². The zero-order chi connectivity index (χ0) is 12.6. The van der Waals surface area contributed by atoms with Crippen molar-refractivity contribution >= 4 is 11.3 Å². The Morgan fingerprint density at radius 1 is 1.47 bits per heavy atom. The third kappa shape index (κ3) is 2.54. The lowest BCUT2D eigenvalue weighted by Gasteiger charge is -2.27. The molecule has 1 aliphatic carbocycles. The molecule has 1 N–H and O–H groups in total. The summed E-state index contributed by atoms with van der Waals surface area (Å²) in [4.78, 5) is 5.85. The van der Waals surface area contributed by atoms with E-state index in [1.54, 1.807) is 18.4 Å². The molecule has 2 unspecified atom stereocenters. The number of aromatic nitrogens is 1. The third-order valence-corrected chi connectivity index (χ3v) is 4.36. The Morgan fingerprint density at radius 2 is 2.18 bits per heavy atom. The van der Waals surface area contributed by atoms with Gasteiger partial charge in [0.15, 0.2) is 0 Å². The van der Waals surface area contributed by atoms with Gasteiger partial charge in [-0.2, -0.15) is 0 Å². The highest BCUT2D eigenvalue weighted by Crippen LogP contribution is 2.41. The van der Waals surface area contributed by atoms with Gasteiger partial charge < -0.3 is 9.84 Å². The highest BCUT2D eigenvalue weighted by atomic mass is 32.1. The van der Waals surface area contributed by atoms with E-state index in [-0.39, 0.29) is 17.6 Å². The van der Waals surface area contributed by atoms with E-state index in [1.807, 2.05) is 0 Å². The first-order valence-electron chi connectivity index (χ1n) is 6.14. The second-order valence-electron chi connectivity index (χ2n) is 5.75. The molecule has 0 aliphatic heterocycles. The molecule has 4 heteroatoms. The van der Waals surface area contributed by atoms with Crippen molar-refractivity contribution in [2.45, 2.75) is 52.2 Å². The Morgan fingerprint density at radius 3 is 2.71 bits per heavy atom. The first-order chi connectivity index (χ1) is 7.93. The van der Waals surface area contributed by atoms with Gasteiger partial charge in [-0.05, 0) is 24.7 Å². The van der Waals surface area contributed by atoms with Crippen LogP contribution in [-0.2, 0) is 11.2 Å². The monoisotopic (exact) mass is 255 g/mol. The Hall–Kier alpha value is -0.450. The standard InChI is InChI=1S/C13H21NO2S/c1-13(2,3)11(16-4)12-14-10-8(15)6-5-7-9(10)17-12/h8,11,15H,5-7H2,1-4H3. The minimum atomic E-state index is -0.374. The summed E-state index contributed by atoms with van der Waals surface area (Å²) in [5, 5.41) is 10.9. The molecule has 0 amide bonds. The predicted octanol–water partition coefficient (Wildman–Crippen LogP) is 3.25. The van der Waals surface area contributed by atoms with Crippen molar-refractivity contribution in [3.05, 3.63) is 15.6 Å². The molecule has 17 heavy (non-hydrogen) atoms. The van der Waals surface area contributed by atoms with Crippen LogP contribution in [-0.4, -0.2) is 17.2 Å². The van der Waals surface area contributed by atoms with Gasteiger partial charge in [-0.25, -0.2) is 4.98 Å². The van der Waals surface area contributed by atoms with Gasteiger partial charge in [0, 0.05) is 12.0 Å². The lowest BCUT2D eigenvalue weighted by molar-refractivity contribution is 0.0146. The van der Waals surface area contributed by atoms with Gasteiger partial charge in [0.25, 0.3) is 0 Å². The van der Waals surface area contributed by atoms with Crippen LogP contribution in [0.5, 0.6) is 0 Å². The number of hydrogen-bond acceptors (Lipinski definition) is 4. The lowest BCUT2D eigenvalue weighted by atomic mass is 9.89. The summed E-state index contributed by atoms with van der Waals surface area (Å²) >= 11 is 1.70. The molecule has 0 fully saturated rings. The zero-order valence-electron chi connectivity index (χ0n) is 11.0. The number of aliphatic hydroxyl groups is 1. The molecule has 3 nitrogen and oxygen atoms in total. The van der Waals surface area contributed by atoms with E-state index in [0.29, 0.717) is 0 Å². The fourth-order valence-corrected chi connectivity index (χ4v) is 3.84. The van der Waals surface area contributed by atoms with Gasteiger partial charge in [0.2, 0.25) is 0 Å². The SMILES string of the molecule is COC(c1nc2c(s1)CCCC2O)C(C)(C)C. The summed E-state index contributed by atoms with van der Waals surface area (Å²) < 4.78 is 5.58. The summed E-state index contributed by atoms with van der Waals surface area (Å²) in [5.41, 5.74) is 0.919. The number of ether oxygens (including phenoxy) is 1. The van der Waals surface area contributed by atoms with Crippen LogP contribution in [0.1, 0.15) is 61.4 Å².